The lowest BCUT2D eigenvalue weighted by Gasteiger charge is -2.34. The van der Waals surface area contributed by atoms with Gasteiger partial charge in [-0.2, -0.15) is 0 Å². The molecule has 2 aromatic carbocycles. The molecule has 0 spiro atoms. The van der Waals surface area contributed by atoms with Gasteiger partial charge in [0.25, 0.3) is 5.91 Å². The van der Waals surface area contributed by atoms with Crippen molar-refractivity contribution in [2.45, 2.75) is 31.0 Å². The molecule has 1 aromatic heterocycles. The van der Waals surface area contributed by atoms with Gasteiger partial charge in [0, 0.05) is 18.7 Å². The molecule has 3 aromatic rings. The Hall–Kier alpha value is -3.10. The van der Waals surface area contributed by atoms with Crippen molar-refractivity contribution in [1.82, 2.24) is 10.0 Å². The zero-order chi connectivity index (χ0) is 21.5. The molecule has 1 aliphatic heterocycles. The molecule has 0 radical (unpaired) electrons. The van der Waals surface area contributed by atoms with Crippen molar-refractivity contribution in [3.63, 3.8) is 0 Å². The van der Waals surface area contributed by atoms with Crippen LogP contribution >= 0.6 is 0 Å². The molecule has 1 amide bonds. The van der Waals surface area contributed by atoms with Crippen molar-refractivity contribution in [3.05, 3.63) is 72.0 Å². The third-order valence-corrected chi connectivity index (χ3v) is 6.59. The third-order valence-electron chi connectivity index (χ3n) is 4.92. The lowest BCUT2D eigenvalue weighted by Crippen LogP contribution is -2.44. The molecule has 0 fully saturated rings. The zero-order valence-electron chi connectivity index (χ0n) is 16.9. The minimum absolute atomic E-state index is 0.154. The number of furan rings is 1. The van der Waals surface area contributed by atoms with E-state index in [0.717, 1.165) is 11.3 Å². The number of para-hydroxylation sites is 1. The summed E-state index contributed by atoms with van der Waals surface area (Å²) in [6.45, 7) is 3.55. The van der Waals surface area contributed by atoms with Gasteiger partial charge in [-0.3, -0.25) is 4.79 Å². The fourth-order valence-electron chi connectivity index (χ4n) is 3.50. The number of anilines is 1. The quantitative estimate of drug-likeness (QED) is 0.653. The summed E-state index contributed by atoms with van der Waals surface area (Å²) in [6, 6.07) is 17.4. The summed E-state index contributed by atoms with van der Waals surface area (Å²) < 4.78 is 33.2. The van der Waals surface area contributed by atoms with Gasteiger partial charge in [0.2, 0.25) is 10.0 Å². The summed E-state index contributed by atoms with van der Waals surface area (Å²) in [5.41, 5.74) is 2.20. The number of nitrogens with zero attached hydrogens (tertiary/aromatic N) is 1. The average molecular weight is 426 g/mol. The van der Waals surface area contributed by atoms with Crippen LogP contribution in [0.25, 0.3) is 11.3 Å². The van der Waals surface area contributed by atoms with E-state index in [2.05, 4.69) is 10.0 Å². The maximum Gasteiger partial charge on any atom is 0.255 e. The van der Waals surface area contributed by atoms with Gasteiger partial charge in [-0.1, -0.05) is 12.1 Å². The molecule has 1 atom stereocenters. The van der Waals surface area contributed by atoms with Crippen molar-refractivity contribution >= 4 is 21.6 Å². The van der Waals surface area contributed by atoms with E-state index in [1.807, 2.05) is 42.3 Å². The molecule has 4 rings (SSSR count). The van der Waals surface area contributed by atoms with Crippen LogP contribution in [-0.4, -0.2) is 27.4 Å². The topological polar surface area (TPSA) is 91.7 Å². The van der Waals surface area contributed by atoms with Crippen LogP contribution < -0.4 is 14.9 Å². The van der Waals surface area contributed by atoms with Crippen LogP contribution in [0.5, 0.6) is 0 Å². The van der Waals surface area contributed by atoms with Gasteiger partial charge >= 0.3 is 0 Å². The zero-order valence-corrected chi connectivity index (χ0v) is 17.7. The van der Waals surface area contributed by atoms with Crippen molar-refractivity contribution in [1.29, 1.82) is 0 Å². The number of rotatable bonds is 5. The number of carbonyl (C=O) groups is 1. The Bertz CT molecular complexity index is 1180. The van der Waals surface area contributed by atoms with E-state index in [1.54, 1.807) is 44.2 Å². The summed E-state index contributed by atoms with van der Waals surface area (Å²) in [4.78, 5) is 14.6. The standard InChI is InChI=1S/C22H23N3O4S/c1-14(2)24-30(27,28)16-10-8-15(9-11-16)19-12-13-20(29-19)21-23-22(26)17-6-4-5-7-18(17)25(21)3/h4-14,21,24H,1-3H3,(H,23,26)/t21-/m1/s1. The van der Waals surface area contributed by atoms with Crippen molar-refractivity contribution in [2.75, 3.05) is 11.9 Å². The van der Waals surface area contributed by atoms with Crippen molar-refractivity contribution in [3.8, 4) is 11.3 Å². The maximum atomic E-state index is 12.5. The van der Waals surface area contributed by atoms with E-state index >= 15 is 0 Å². The first-order chi connectivity index (χ1) is 14.3. The predicted octanol–water partition coefficient (Wildman–Crippen LogP) is 3.51. The first kappa shape index (κ1) is 20.2. The summed E-state index contributed by atoms with van der Waals surface area (Å²) in [5, 5.41) is 2.96. The van der Waals surface area contributed by atoms with Crippen molar-refractivity contribution < 1.29 is 17.6 Å². The molecule has 0 bridgehead atoms. The molecule has 2 heterocycles. The number of fused-ring (bicyclic) bond motifs is 1. The van der Waals surface area contributed by atoms with E-state index < -0.39 is 16.2 Å². The molecule has 0 unspecified atom stereocenters. The summed E-state index contributed by atoms with van der Waals surface area (Å²) >= 11 is 0. The summed E-state index contributed by atoms with van der Waals surface area (Å²) in [5.74, 6) is 1.03. The highest BCUT2D eigenvalue weighted by Crippen LogP contribution is 2.34. The number of benzene rings is 2. The number of carbonyl (C=O) groups excluding carboxylic acids is 1. The fourth-order valence-corrected chi connectivity index (χ4v) is 4.76. The summed E-state index contributed by atoms with van der Waals surface area (Å²) in [7, 11) is -1.65. The molecule has 2 N–H and O–H groups in total. The average Bonchev–Trinajstić information content (AvgIpc) is 3.20. The first-order valence-electron chi connectivity index (χ1n) is 9.61. The van der Waals surface area contributed by atoms with Gasteiger partial charge in [0.15, 0.2) is 6.17 Å². The van der Waals surface area contributed by atoms with Gasteiger partial charge in [-0.25, -0.2) is 13.1 Å². The SMILES string of the molecule is CC(C)NS(=O)(=O)c1ccc(-c2ccc([C@@H]3NC(=O)c4ccccc4N3C)o2)cc1. The lowest BCUT2D eigenvalue weighted by molar-refractivity contribution is 0.0922. The monoisotopic (exact) mass is 425 g/mol. The largest absolute Gasteiger partial charge is 0.457 e. The van der Waals surface area contributed by atoms with Gasteiger partial charge < -0.3 is 14.6 Å². The van der Waals surface area contributed by atoms with Crippen LogP contribution in [0.1, 0.15) is 36.1 Å². The highest BCUT2D eigenvalue weighted by atomic mass is 32.2. The van der Waals surface area contributed by atoms with Gasteiger partial charge in [0.1, 0.15) is 11.5 Å². The number of sulfonamides is 1. The Kier molecular flexibility index (Phi) is 5.13. The van der Waals surface area contributed by atoms with E-state index in [1.165, 1.54) is 0 Å². The highest BCUT2D eigenvalue weighted by Gasteiger charge is 2.31. The molecule has 0 saturated heterocycles. The molecular formula is C22H23N3O4S. The van der Waals surface area contributed by atoms with Gasteiger partial charge in [0.05, 0.1) is 16.1 Å². The minimum atomic E-state index is -3.55. The third kappa shape index (κ3) is 3.71. The second kappa shape index (κ2) is 7.62. The van der Waals surface area contributed by atoms with E-state index in [9.17, 15) is 13.2 Å². The van der Waals surface area contributed by atoms with Crippen LogP contribution in [0.3, 0.4) is 0 Å². The normalized spacial score (nSPS) is 16.5. The Morgan fingerprint density at radius 1 is 1.03 bits per heavy atom. The molecule has 30 heavy (non-hydrogen) atoms. The van der Waals surface area contributed by atoms with E-state index in [4.69, 9.17) is 4.42 Å². The molecule has 0 saturated carbocycles. The molecular weight excluding hydrogens is 402 g/mol. The second-order valence-corrected chi connectivity index (χ2v) is 9.22. The molecule has 7 nitrogen and oxygen atoms in total. The smallest absolute Gasteiger partial charge is 0.255 e. The summed E-state index contributed by atoms with van der Waals surface area (Å²) in [6.07, 6.45) is -0.434. The Morgan fingerprint density at radius 3 is 2.43 bits per heavy atom. The number of hydrogen-bond donors (Lipinski definition) is 2. The van der Waals surface area contributed by atoms with Crippen LogP contribution in [0, 0.1) is 0 Å². The van der Waals surface area contributed by atoms with Gasteiger partial charge in [-0.05, 0) is 62.4 Å². The maximum absolute atomic E-state index is 12.5. The molecule has 8 heteroatoms. The molecule has 1 aliphatic rings. The molecule has 156 valence electrons. The molecule has 0 aliphatic carbocycles. The van der Waals surface area contributed by atoms with E-state index in [-0.39, 0.29) is 16.8 Å². The van der Waals surface area contributed by atoms with Crippen LogP contribution in [-0.2, 0) is 10.0 Å². The first-order valence-corrected chi connectivity index (χ1v) is 11.1. The highest BCUT2D eigenvalue weighted by molar-refractivity contribution is 7.89. The minimum Gasteiger partial charge on any atom is -0.457 e. The second-order valence-electron chi connectivity index (χ2n) is 7.51. The fraction of sp³-hybridized carbons (Fsp3) is 0.227. The Morgan fingerprint density at radius 2 is 1.73 bits per heavy atom. The number of amides is 1. The Labute approximate surface area is 175 Å². The number of nitrogens with one attached hydrogen (secondary N) is 2. The number of hydrogen-bond acceptors (Lipinski definition) is 5. The van der Waals surface area contributed by atoms with Crippen LogP contribution in [0.15, 0.2) is 70.0 Å². The van der Waals surface area contributed by atoms with E-state index in [0.29, 0.717) is 17.1 Å². The Balaban J connectivity index is 1.59. The van der Waals surface area contributed by atoms with Crippen LogP contribution in [0.2, 0.25) is 0 Å². The predicted molar refractivity (Wildman–Crippen MR) is 115 cm³/mol. The lowest BCUT2D eigenvalue weighted by atomic mass is 10.1. The van der Waals surface area contributed by atoms with Crippen LogP contribution in [0.4, 0.5) is 5.69 Å². The van der Waals surface area contributed by atoms with Crippen molar-refractivity contribution in [2.24, 2.45) is 0 Å². The van der Waals surface area contributed by atoms with Gasteiger partial charge in [-0.15, -0.1) is 0 Å².